The molecule has 10 atom stereocenters. The molecule has 0 saturated carbocycles. The lowest BCUT2D eigenvalue weighted by Crippen LogP contribution is -2.56. The maximum atomic E-state index is 13.6. The van der Waals surface area contributed by atoms with E-state index in [-0.39, 0.29) is 11.3 Å². The van der Waals surface area contributed by atoms with Crippen molar-refractivity contribution in [3.63, 3.8) is 0 Å². The fourth-order valence-corrected chi connectivity index (χ4v) is 5.78. The summed E-state index contributed by atoms with van der Waals surface area (Å²) in [5.41, 5.74) is -3.34. The molecular weight excluding hydrogens is 664 g/mol. The van der Waals surface area contributed by atoms with E-state index in [1.54, 1.807) is 0 Å². The lowest BCUT2D eigenvalue weighted by molar-refractivity contribution is -0.235. The normalized spacial score (nSPS) is 30.3. The third kappa shape index (κ3) is 6.46. The van der Waals surface area contributed by atoms with Crippen LogP contribution in [0.5, 0.6) is 23.0 Å². The molecule has 19 nitrogen and oxygen atoms in total. The number of hydrogen-bond donors (Lipinski definition) is 12. The van der Waals surface area contributed by atoms with Crippen LogP contribution in [0, 0.1) is 0 Å². The molecule has 2 aliphatic heterocycles. The van der Waals surface area contributed by atoms with E-state index >= 15 is 0 Å². The monoisotopic (exact) mass is 696 g/mol. The van der Waals surface area contributed by atoms with Gasteiger partial charge in [-0.25, -0.2) is 0 Å². The van der Waals surface area contributed by atoms with Crippen LogP contribution in [0.3, 0.4) is 0 Å². The first-order chi connectivity index (χ1) is 23.1. The molecule has 10 unspecified atom stereocenters. The SMILES string of the molecule is O=C(O)CC(=O)OCC1OC(c2c(O)c(C3OC(CO)C(O)C(O)C3O)c3oc(-c4ccc(O)c(O)c4)cc(=O)c3c2O)C(O)C(O)C1O. The summed E-state index contributed by atoms with van der Waals surface area (Å²) < 4.78 is 21.9. The fraction of sp³-hybridized carbons (Fsp3) is 0.433. The molecule has 0 radical (unpaired) electrons. The first-order valence-corrected chi connectivity index (χ1v) is 14.5. The van der Waals surface area contributed by atoms with Gasteiger partial charge in [0.25, 0.3) is 0 Å². The molecule has 0 amide bonds. The van der Waals surface area contributed by atoms with Gasteiger partial charge in [0.15, 0.2) is 22.5 Å². The van der Waals surface area contributed by atoms with Crippen LogP contribution in [0.1, 0.15) is 29.8 Å². The van der Waals surface area contributed by atoms with Crippen molar-refractivity contribution >= 4 is 22.9 Å². The number of phenols is 4. The minimum atomic E-state index is -2.19. The van der Waals surface area contributed by atoms with Crippen molar-refractivity contribution in [2.75, 3.05) is 13.2 Å². The number of aliphatic hydroxyl groups excluding tert-OH is 7. The van der Waals surface area contributed by atoms with Gasteiger partial charge in [0, 0.05) is 11.6 Å². The topological polar surface area (TPSA) is 335 Å². The Morgan fingerprint density at radius 1 is 0.735 bits per heavy atom. The molecule has 2 aliphatic rings. The quantitative estimate of drug-likeness (QED) is 0.0649. The zero-order chi connectivity index (χ0) is 36.1. The van der Waals surface area contributed by atoms with Crippen molar-refractivity contribution < 1.29 is 89.5 Å². The van der Waals surface area contributed by atoms with E-state index in [2.05, 4.69) is 0 Å². The molecule has 3 aromatic rings. The van der Waals surface area contributed by atoms with Crippen LogP contribution in [0.25, 0.3) is 22.3 Å². The highest BCUT2D eigenvalue weighted by Crippen LogP contribution is 2.51. The second kappa shape index (κ2) is 13.7. The van der Waals surface area contributed by atoms with Gasteiger partial charge >= 0.3 is 11.9 Å². The van der Waals surface area contributed by atoms with E-state index in [0.717, 1.165) is 18.2 Å². The number of phenolic OH excluding ortho intramolecular Hbond substituents is 4. The number of rotatable bonds is 8. The average molecular weight is 697 g/mol. The Morgan fingerprint density at radius 2 is 1.33 bits per heavy atom. The predicted octanol–water partition coefficient (Wildman–Crippen LogP) is -2.66. The first-order valence-electron chi connectivity index (χ1n) is 14.5. The van der Waals surface area contributed by atoms with E-state index < -0.39 is 143 Å². The summed E-state index contributed by atoms with van der Waals surface area (Å²) >= 11 is 0. The number of aliphatic hydroxyl groups is 7. The first kappa shape index (κ1) is 35.7. The van der Waals surface area contributed by atoms with Crippen molar-refractivity contribution in [3.8, 4) is 34.3 Å². The predicted molar refractivity (Wildman–Crippen MR) is 156 cm³/mol. The van der Waals surface area contributed by atoms with Gasteiger partial charge in [0.1, 0.15) is 96.7 Å². The summed E-state index contributed by atoms with van der Waals surface area (Å²) in [4.78, 5) is 36.3. The summed E-state index contributed by atoms with van der Waals surface area (Å²) in [6, 6.07) is 4.11. The van der Waals surface area contributed by atoms with Crippen LogP contribution in [0.4, 0.5) is 0 Å². The van der Waals surface area contributed by atoms with E-state index in [1.807, 2.05) is 0 Å². The number of carboxylic acids is 1. The van der Waals surface area contributed by atoms with Crippen molar-refractivity contribution in [1.29, 1.82) is 0 Å². The van der Waals surface area contributed by atoms with Gasteiger partial charge in [-0.2, -0.15) is 0 Å². The molecule has 3 heterocycles. The van der Waals surface area contributed by atoms with Gasteiger partial charge < -0.3 is 79.9 Å². The number of carboxylic acid groups (broad SMARTS) is 1. The molecule has 5 rings (SSSR count). The largest absolute Gasteiger partial charge is 0.507 e. The molecule has 0 bridgehead atoms. The number of aliphatic carboxylic acids is 1. The molecule has 12 N–H and O–H groups in total. The summed E-state index contributed by atoms with van der Waals surface area (Å²) in [6.45, 7) is -1.82. The van der Waals surface area contributed by atoms with E-state index in [4.69, 9.17) is 23.7 Å². The molecule has 2 saturated heterocycles. The maximum Gasteiger partial charge on any atom is 0.317 e. The molecule has 1 aromatic heterocycles. The third-order valence-corrected chi connectivity index (χ3v) is 8.33. The van der Waals surface area contributed by atoms with Gasteiger partial charge in [0.2, 0.25) is 0 Å². The molecule has 0 aliphatic carbocycles. The Kier molecular flexibility index (Phi) is 10.0. The third-order valence-electron chi connectivity index (χ3n) is 8.33. The summed E-state index contributed by atoms with van der Waals surface area (Å²) in [6.07, 6.45) is -20.8. The Hall–Kier alpha value is -4.57. The Balaban J connectivity index is 1.73. The van der Waals surface area contributed by atoms with Crippen molar-refractivity contribution in [2.45, 2.75) is 67.5 Å². The minimum absolute atomic E-state index is 0.0134. The van der Waals surface area contributed by atoms with Crippen LogP contribution in [-0.4, -0.2) is 135 Å². The summed E-state index contributed by atoms with van der Waals surface area (Å²) in [7, 11) is 0. The summed E-state index contributed by atoms with van der Waals surface area (Å²) in [5, 5.41) is 125. The Bertz CT molecular complexity index is 1800. The standard InChI is InChI=1S/C30H32O19/c31-6-13-20(38)24(42)27(45)30(48-13)19-23(41)18(29-26(44)25(43)21(39)14(49-29)7-46-16(37)5-15(35)36)22(40)17-11(34)4-12(47-28(17)19)8-1-2-9(32)10(33)3-8/h1-4,13-14,20-21,24-27,29-33,38-45H,5-7H2,(H,35,36). The molecular formula is C30H32O19. The van der Waals surface area contributed by atoms with Crippen molar-refractivity contribution in [2.24, 2.45) is 0 Å². The fourth-order valence-electron chi connectivity index (χ4n) is 5.78. The number of ether oxygens (including phenoxy) is 3. The van der Waals surface area contributed by atoms with E-state index in [9.17, 15) is 70.6 Å². The number of fused-ring (bicyclic) bond motifs is 1. The van der Waals surface area contributed by atoms with Gasteiger partial charge in [-0.05, 0) is 18.2 Å². The Morgan fingerprint density at radius 3 is 1.92 bits per heavy atom. The van der Waals surface area contributed by atoms with Crippen molar-refractivity contribution in [1.82, 2.24) is 0 Å². The average Bonchev–Trinajstić information content (AvgIpc) is 3.04. The highest BCUT2D eigenvalue weighted by Gasteiger charge is 2.50. The number of carbonyl (C=O) groups is 2. The van der Waals surface area contributed by atoms with Crippen LogP contribution in [0.2, 0.25) is 0 Å². The van der Waals surface area contributed by atoms with Crippen molar-refractivity contribution in [3.05, 3.63) is 45.6 Å². The lowest BCUT2D eigenvalue weighted by Gasteiger charge is -2.42. The van der Waals surface area contributed by atoms with E-state index in [1.165, 1.54) is 6.07 Å². The molecule has 2 aromatic carbocycles. The minimum Gasteiger partial charge on any atom is -0.507 e. The molecule has 266 valence electrons. The van der Waals surface area contributed by atoms with Crippen LogP contribution < -0.4 is 5.43 Å². The van der Waals surface area contributed by atoms with Gasteiger partial charge in [-0.1, -0.05) is 0 Å². The number of aromatic hydroxyl groups is 4. The van der Waals surface area contributed by atoms with Crippen LogP contribution in [-0.2, 0) is 23.8 Å². The van der Waals surface area contributed by atoms with Crippen LogP contribution >= 0.6 is 0 Å². The maximum absolute atomic E-state index is 13.6. The Labute approximate surface area is 273 Å². The molecule has 19 heteroatoms. The highest BCUT2D eigenvalue weighted by atomic mass is 16.6. The zero-order valence-corrected chi connectivity index (χ0v) is 24.9. The van der Waals surface area contributed by atoms with Crippen LogP contribution in [0.15, 0.2) is 33.5 Å². The van der Waals surface area contributed by atoms with Gasteiger partial charge in [-0.3, -0.25) is 14.4 Å². The second-order valence-corrected chi connectivity index (χ2v) is 11.5. The highest BCUT2D eigenvalue weighted by molar-refractivity contribution is 5.92. The van der Waals surface area contributed by atoms with Gasteiger partial charge in [-0.15, -0.1) is 0 Å². The number of esters is 1. The smallest absolute Gasteiger partial charge is 0.317 e. The van der Waals surface area contributed by atoms with Gasteiger partial charge in [0.05, 0.1) is 17.7 Å². The molecule has 2 fully saturated rings. The van der Waals surface area contributed by atoms with E-state index in [0.29, 0.717) is 0 Å². The molecule has 0 spiro atoms. The number of hydrogen-bond acceptors (Lipinski definition) is 18. The number of carbonyl (C=O) groups excluding carboxylic acids is 1. The second-order valence-electron chi connectivity index (χ2n) is 11.5. The lowest BCUT2D eigenvalue weighted by atomic mass is 9.85. The summed E-state index contributed by atoms with van der Waals surface area (Å²) in [5.74, 6) is -6.55. The molecule has 49 heavy (non-hydrogen) atoms. The number of benzene rings is 2. The zero-order valence-electron chi connectivity index (χ0n) is 24.9.